The zero-order chi connectivity index (χ0) is 14.3. The molecule has 0 saturated carbocycles. The van der Waals surface area contributed by atoms with Crippen molar-refractivity contribution >= 4 is 39.4 Å². The van der Waals surface area contributed by atoms with Gasteiger partial charge in [0, 0.05) is 11.6 Å². The second-order valence-corrected chi connectivity index (χ2v) is 4.99. The van der Waals surface area contributed by atoms with Crippen LogP contribution < -0.4 is 5.32 Å². The number of carbonyl (C=O) groups excluding carboxylic acids is 2. The van der Waals surface area contributed by atoms with E-state index in [4.69, 9.17) is 16.3 Å². The molecular weight excluding hydrogens is 334 g/mol. The van der Waals surface area contributed by atoms with Crippen molar-refractivity contribution in [3.05, 3.63) is 34.9 Å². The average Bonchev–Trinajstić information content (AvgIpc) is 2.44. The van der Waals surface area contributed by atoms with Crippen LogP contribution in [0.2, 0.25) is 5.02 Å². The number of rotatable bonds is 6. The summed E-state index contributed by atoms with van der Waals surface area (Å²) in [7, 11) is 1.34. The Morgan fingerprint density at radius 3 is 2.53 bits per heavy atom. The smallest absolute Gasteiger partial charge is 0.310 e. The number of halogens is 2. The average molecular weight is 349 g/mol. The van der Waals surface area contributed by atoms with Gasteiger partial charge < -0.3 is 10.1 Å². The number of esters is 1. The van der Waals surface area contributed by atoms with Gasteiger partial charge in [0.2, 0.25) is 5.91 Å². The van der Waals surface area contributed by atoms with Crippen LogP contribution in [0.1, 0.15) is 5.56 Å². The fourth-order valence-electron chi connectivity index (χ4n) is 1.59. The summed E-state index contributed by atoms with van der Waals surface area (Å²) in [5, 5.41) is 3.52. The summed E-state index contributed by atoms with van der Waals surface area (Å²) in [6.07, 6.45) is 0.492. The van der Waals surface area contributed by atoms with E-state index < -0.39 is 5.92 Å². The van der Waals surface area contributed by atoms with E-state index >= 15 is 0 Å². The van der Waals surface area contributed by atoms with Crippen molar-refractivity contribution in [3.8, 4) is 0 Å². The summed E-state index contributed by atoms with van der Waals surface area (Å²) in [5.74, 6) is -0.913. The maximum absolute atomic E-state index is 11.7. The molecule has 0 heterocycles. The minimum Gasteiger partial charge on any atom is -0.469 e. The molecule has 0 aromatic heterocycles. The Labute approximate surface area is 125 Å². The SMILES string of the molecule is COC(=O)C(CNC(=O)CBr)Cc1ccc(Cl)cc1. The quantitative estimate of drug-likeness (QED) is 0.633. The number of alkyl halides is 1. The van der Waals surface area contributed by atoms with Gasteiger partial charge in [-0.15, -0.1) is 0 Å². The Morgan fingerprint density at radius 2 is 2.00 bits per heavy atom. The highest BCUT2D eigenvalue weighted by Gasteiger charge is 2.20. The minimum atomic E-state index is -0.408. The van der Waals surface area contributed by atoms with Crippen molar-refractivity contribution in [3.63, 3.8) is 0 Å². The monoisotopic (exact) mass is 347 g/mol. The summed E-state index contributed by atoms with van der Waals surface area (Å²) in [4.78, 5) is 22.9. The molecule has 104 valence electrons. The Bertz CT molecular complexity index is 436. The first-order valence-corrected chi connectivity index (χ1v) is 7.21. The van der Waals surface area contributed by atoms with Crippen LogP contribution in [-0.2, 0) is 20.7 Å². The number of carbonyl (C=O) groups is 2. The van der Waals surface area contributed by atoms with E-state index in [0.717, 1.165) is 5.56 Å². The lowest BCUT2D eigenvalue weighted by Gasteiger charge is -2.15. The third kappa shape index (κ3) is 5.61. The fourth-order valence-corrected chi connectivity index (χ4v) is 1.92. The molecule has 1 unspecified atom stereocenters. The van der Waals surface area contributed by atoms with Gasteiger partial charge in [0.15, 0.2) is 0 Å². The summed E-state index contributed by atoms with van der Waals surface area (Å²) >= 11 is 8.86. The lowest BCUT2D eigenvalue weighted by molar-refractivity contribution is -0.145. The molecule has 0 aliphatic heterocycles. The zero-order valence-corrected chi connectivity index (χ0v) is 12.8. The van der Waals surface area contributed by atoms with Gasteiger partial charge in [-0.2, -0.15) is 0 Å². The fraction of sp³-hybridized carbons (Fsp3) is 0.385. The Balaban J connectivity index is 2.66. The highest BCUT2D eigenvalue weighted by molar-refractivity contribution is 9.09. The maximum Gasteiger partial charge on any atom is 0.310 e. The van der Waals surface area contributed by atoms with Crippen LogP contribution in [0.15, 0.2) is 24.3 Å². The van der Waals surface area contributed by atoms with Crippen LogP contribution in [0.3, 0.4) is 0 Å². The van der Waals surface area contributed by atoms with Crippen LogP contribution >= 0.6 is 27.5 Å². The van der Waals surface area contributed by atoms with E-state index in [2.05, 4.69) is 21.2 Å². The normalized spacial score (nSPS) is 11.7. The van der Waals surface area contributed by atoms with Crippen molar-refractivity contribution < 1.29 is 14.3 Å². The molecule has 1 aromatic carbocycles. The predicted octanol–water partition coefficient (Wildman–Crippen LogP) is 2.18. The Morgan fingerprint density at radius 1 is 1.37 bits per heavy atom. The molecule has 19 heavy (non-hydrogen) atoms. The molecule has 6 heteroatoms. The summed E-state index contributed by atoms with van der Waals surface area (Å²) in [6.45, 7) is 0.250. The van der Waals surface area contributed by atoms with Crippen LogP contribution in [0.5, 0.6) is 0 Å². The molecule has 1 N–H and O–H groups in total. The lowest BCUT2D eigenvalue weighted by atomic mass is 9.99. The molecule has 1 aromatic rings. The number of nitrogens with one attached hydrogen (secondary N) is 1. The topological polar surface area (TPSA) is 55.4 Å². The number of methoxy groups -OCH3 is 1. The van der Waals surface area contributed by atoms with Crippen molar-refractivity contribution in [1.82, 2.24) is 5.32 Å². The van der Waals surface area contributed by atoms with Gasteiger partial charge in [-0.05, 0) is 24.1 Å². The molecule has 1 atom stereocenters. The second-order valence-electron chi connectivity index (χ2n) is 3.99. The molecule has 4 nitrogen and oxygen atoms in total. The van der Waals surface area contributed by atoms with E-state index in [0.29, 0.717) is 11.4 Å². The van der Waals surface area contributed by atoms with E-state index in [1.807, 2.05) is 12.1 Å². The maximum atomic E-state index is 11.7. The summed E-state index contributed by atoms with van der Waals surface area (Å²) in [5.41, 5.74) is 0.966. The number of benzene rings is 1. The predicted molar refractivity (Wildman–Crippen MR) is 77.5 cm³/mol. The summed E-state index contributed by atoms with van der Waals surface area (Å²) in [6, 6.07) is 7.24. The number of hydrogen-bond donors (Lipinski definition) is 1. The van der Waals surface area contributed by atoms with Crippen molar-refractivity contribution in [2.24, 2.45) is 5.92 Å². The van der Waals surface area contributed by atoms with Gasteiger partial charge in [-0.3, -0.25) is 9.59 Å². The first kappa shape index (κ1) is 16.0. The largest absolute Gasteiger partial charge is 0.469 e. The van der Waals surface area contributed by atoms with Gasteiger partial charge in [-0.25, -0.2) is 0 Å². The molecule has 0 aliphatic rings. The van der Waals surface area contributed by atoms with Crippen LogP contribution in [0, 0.1) is 5.92 Å². The Kier molecular flexibility index (Phi) is 6.87. The third-order valence-corrected chi connectivity index (χ3v) is 3.36. The van der Waals surface area contributed by atoms with Crippen LogP contribution in [-0.4, -0.2) is 30.9 Å². The molecule has 0 saturated heterocycles. The van der Waals surface area contributed by atoms with E-state index in [9.17, 15) is 9.59 Å². The summed E-state index contributed by atoms with van der Waals surface area (Å²) < 4.78 is 4.75. The number of ether oxygens (including phenoxy) is 1. The second kappa shape index (κ2) is 8.17. The molecule has 0 radical (unpaired) electrons. The molecule has 0 fully saturated rings. The standard InChI is InChI=1S/C13H15BrClNO3/c1-19-13(18)10(8-16-12(17)7-14)6-9-2-4-11(15)5-3-9/h2-5,10H,6-8H2,1H3,(H,16,17). The molecule has 1 rings (SSSR count). The molecule has 1 amide bonds. The molecular formula is C13H15BrClNO3. The van der Waals surface area contributed by atoms with Gasteiger partial charge in [-0.1, -0.05) is 39.7 Å². The van der Waals surface area contributed by atoms with Crippen molar-refractivity contribution in [1.29, 1.82) is 0 Å². The Hall–Kier alpha value is -1.07. The van der Waals surface area contributed by atoms with Crippen molar-refractivity contribution in [2.75, 3.05) is 19.0 Å². The third-order valence-electron chi connectivity index (χ3n) is 2.60. The molecule has 0 bridgehead atoms. The first-order chi connectivity index (χ1) is 9.06. The minimum absolute atomic E-state index is 0.162. The van der Waals surface area contributed by atoms with Gasteiger partial charge >= 0.3 is 5.97 Å². The van der Waals surface area contributed by atoms with Gasteiger partial charge in [0.05, 0.1) is 18.4 Å². The number of amides is 1. The van der Waals surface area contributed by atoms with Crippen LogP contribution in [0.25, 0.3) is 0 Å². The van der Waals surface area contributed by atoms with Gasteiger partial charge in [0.1, 0.15) is 0 Å². The van der Waals surface area contributed by atoms with Gasteiger partial charge in [0.25, 0.3) is 0 Å². The lowest BCUT2D eigenvalue weighted by Crippen LogP contribution is -2.35. The van der Waals surface area contributed by atoms with E-state index in [-0.39, 0.29) is 23.8 Å². The van der Waals surface area contributed by atoms with E-state index in [1.54, 1.807) is 12.1 Å². The number of hydrogen-bond acceptors (Lipinski definition) is 3. The van der Waals surface area contributed by atoms with Crippen molar-refractivity contribution in [2.45, 2.75) is 6.42 Å². The zero-order valence-electron chi connectivity index (χ0n) is 10.5. The van der Waals surface area contributed by atoms with Crippen LogP contribution in [0.4, 0.5) is 0 Å². The first-order valence-electron chi connectivity index (χ1n) is 5.71. The highest BCUT2D eigenvalue weighted by atomic mass is 79.9. The molecule has 0 spiro atoms. The molecule has 0 aliphatic carbocycles. The van der Waals surface area contributed by atoms with E-state index in [1.165, 1.54) is 7.11 Å². The highest BCUT2D eigenvalue weighted by Crippen LogP contribution is 2.14.